The molecule has 20 heavy (non-hydrogen) atoms. The minimum Gasteiger partial charge on any atom is -0.491 e. The number of rotatable bonds is 7. The van der Waals surface area contributed by atoms with Crippen LogP contribution in [0.1, 0.15) is 32.3 Å². The molecule has 2 nitrogen and oxygen atoms in total. The van der Waals surface area contributed by atoms with Gasteiger partial charge in [-0.15, -0.1) is 0 Å². The summed E-state index contributed by atoms with van der Waals surface area (Å²) in [6.07, 6.45) is -3.36. The lowest BCUT2D eigenvalue weighted by Crippen LogP contribution is -2.18. The van der Waals surface area contributed by atoms with Gasteiger partial charge in [0, 0.05) is 0 Å². The van der Waals surface area contributed by atoms with Gasteiger partial charge in [-0.3, -0.25) is 0 Å². The summed E-state index contributed by atoms with van der Waals surface area (Å²) in [7, 11) is 0. The van der Waals surface area contributed by atoms with E-state index in [1.54, 1.807) is 6.92 Å². The molecule has 0 saturated heterocycles. The fourth-order valence-corrected chi connectivity index (χ4v) is 1.78. The summed E-state index contributed by atoms with van der Waals surface area (Å²) in [6.45, 7) is 5.49. The van der Waals surface area contributed by atoms with Gasteiger partial charge < -0.3 is 10.1 Å². The van der Waals surface area contributed by atoms with E-state index in [4.69, 9.17) is 4.74 Å². The Kier molecular flexibility index (Phi) is 6.26. The minimum atomic E-state index is -4.71. The topological polar surface area (TPSA) is 21.3 Å². The maximum Gasteiger partial charge on any atom is 0.419 e. The summed E-state index contributed by atoms with van der Waals surface area (Å²) in [5, 5.41) is 3.15. The minimum absolute atomic E-state index is 0.0367. The third-order valence-corrected chi connectivity index (χ3v) is 2.79. The molecule has 1 unspecified atom stereocenters. The second-order valence-electron chi connectivity index (χ2n) is 4.56. The molecule has 0 fully saturated rings. The highest BCUT2D eigenvalue weighted by atomic mass is 19.4. The van der Waals surface area contributed by atoms with Gasteiger partial charge >= 0.3 is 6.18 Å². The van der Waals surface area contributed by atoms with Crippen molar-refractivity contribution in [3.63, 3.8) is 0 Å². The smallest absolute Gasteiger partial charge is 0.419 e. The molecule has 0 aromatic heterocycles. The lowest BCUT2D eigenvalue weighted by molar-refractivity contribution is -0.140. The van der Waals surface area contributed by atoms with Crippen LogP contribution in [-0.4, -0.2) is 19.2 Å². The molecule has 114 valence electrons. The molecule has 0 aliphatic heterocycles. The van der Waals surface area contributed by atoms with Crippen molar-refractivity contribution >= 4 is 0 Å². The molecular weight excluding hydrogens is 274 g/mol. The van der Waals surface area contributed by atoms with E-state index in [1.165, 1.54) is 6.07 Å². The first-order valence-corrected chi connectivity index (χ1v) is 6.58. The van der Waals surface area contributed by atoms with Gasteiger partial charge in [0.1, 0.15) is 11.6 Å². The first kappa shape index (κ1) is 16.8. The lowest BCUT2D eigenvalue weighted by atomic mass is 10.2. The van der Waals surface area contributed by atoms with Crippen molar-refractivity contribution in [3.05, 3.63) is 29.6 Å². The zero-order chi connectivity index (χ0) is 15.2. The van der Waals surface area contributed by atoms with Crippen LogP contribution >= 0.6 is 0 Å². The van der Waals surface area contributed by atoms with Gasteiger partial charge in [-0.1, -0.05) is 6.92 Å². The summed E-state index contributed by atoms with van der Waals surface area (Å²) >= 11 is 0. The molecule has 0 amide bonds. The van der Waals surface area contributed by atoms with Crippen LogP contribution in [0.25, 0.3) is 0 Å². The standard InChI is InChI=1S/C14H19F4NO/c1-3-19-8-4-5-10(2)20-11-6-7-13(15)12(9-11)14(16,17)18/h6-7,9-10,19H,3-5,8H2,1-2H3. The van der Waals surface area contributed by atoms with Crippen molar-refractivity contribution in [1.29, 1.82) is 0 Å². The van der Waals surface area contributed by atoms with Gasteiger partial charge in [0.25, 0.3) is 0 Å². The van der Waals surface area contributed by atoms with E-state index in [0.717, 1.165) is 25.6 Å². The number of halogens is 4. The van der Waals surface area contributed by atoms with E-state index in [0.29, 0.717) is 12.5 Å². The lowest BCUT2D eigenvalue weighted by Gasteiger charge is -2.16. The first-order chi connectivity index (χ1) is 9.34. The highest BCUT2D eigenvalue weighted by Gasteiger charge is 2.34. The monoisotopic (exact) mass is 293 g/mol. The molecule has 1 atom stereocenters. The molecule has 0 radical (unpaired) electrons. The molecule has 6 heteroatoms. The summed E-state index contributed by atoms with van der Waals surface area (Å²) in [5.41, 5.74) is -1.30. The zero-order valence-corrected chi connectivity index (χ0v) is 11.6. The molecule has 0 bridgehead atoms. The highest BCUT2D eigenvalue weighted by Crippen LogP contribution is 2.33. The van der Waals surface area contributed by atoms with Crippen molar-refractivity contribution in [1.82, 2.24) is 5.32 Å². The van der Waals surface area contributed by atoms with E-state index in [1.807, 2.05) is 6.92 Å². The molecule has 0 aliphatic carbocycles. The van der Waals surface area contributed by atoms with Gasteiger partial charge in [-0.25, -0.2) is 4.39 Å². The molecule has 1 aromatic carbocycles. The maximum atomic E-state index is 13.1. The Morgan fingerprint density at radius 3 is 2.60 bits per heavy atom. The van der Waals surface area contributed by atoms with Crippen molar-refractivity contribution in [2.24, 2.45) is 0 Å². The van der Waals surface area contributed by atoms with E-state index >= 15 is 0 Å². The largest absolute Gasteiger partial charge is 0.491 e. The quantitative estimate of drug-likeness (QED) is 0.606. The predicted molar refractivity (Wildman–Crippen MR) is 69.3 cm³/mol. The Morgan fingerprint density at radius 1 is 1.30 bits per heavy atom. The second kappa shape index (κ2) is 7.47. The third-order valence-electron chi connectivity index (χ3n) is 2.79. The molecule has 0 saturated carbocycles. The Bertz CT molecular complexity index is 420. The molecular formula is C14H19F4NO. The van der Waals surface area contributed by atoms with E-state index in [9.17, 15) is 17.6 Å². The number of benzene rings is 1. The summed E-state index contributed by atoms with van der Waals surface area (Å²) in [4.78, 5) is 0. The molecule has 0 heterocycles. The average molecular weight is 293 g/mol. The van der Waals surface area contributed by atoms with Crippen molar-refractivity contribution in [2.75, 3.05) is 13.1 Å². The van der Waals surface area contributed by atoms with Gasteiger partial charge in [0.05, 0.1) is 11.7 Å². The SMILES string of the molecule is CCNCCCC(C)Oc1ccc(F)c(C(F)(F)F)c1. The molecule has 0 spiro atoms. The summed E-state index contributed by atoms with van der Waals surface area (Å²) in [5.74, 6) is -1.25. The van der Waals surface area contributed by atoms with Crippen LogP contribution in [0.3, 0.4) is 0 Å². The van der Waals surface area contributed by atoms with E-state index in [-0.39, 0.29) is 11.9 Å². The van der Waals surface area contributed by atoms with Crippen molar-refractivity contribution < 1.29 is 22.3 Å². The van der Waals surface area contributed by atoms with Crippen LogP contribution in [0.5, 0.6) is 5.75 Å². The van der Waals surface area contributed by atoms with Crippen LogP contribution in [-0.2, 0) is 6.18 Å². The van der Waals surface area contributed by atoms with Crippen LogP contribution in [0.2, 0.25) is 0 Å². The summed E-state index contributed by atoms with van der Waals surface area (Å²) < 4.78 is 56.1. The third kappa shape index (κ3) is 5.36. The van der Waals surface area contributed by atoms with Crippen molar-refractivity contribution in [2.45, 2.75) is 39.0 Å². The number of alkyl halides is 3. The Labute approximate surface area is 116 Å². The van der Waals surface area contributed by atoms with Crippen LogP contribution in [0.15, 0.2) is 18.2 Å². The van der Waals surface area contributed by atoms with Crippen molar-refractivity contribution in [3.8, 4) is 5.75 Å². The number of ether oxygens (including phenoxy) is 1. The number of hydrogen-bond acceptors (Lipinski definition) is 2. The zero-order valence-electron chi connectivity index (χ0n) is 11.6. The van der Waals surface area contributed by atoms with Crippen LogP contribution in [0, 0.1) is 5.82 Å². The fourth-order valence-electron chi connectivity index (χ4n) is 1.78. The number of nitrogens with one attached hydrogen (secondary N) is 1. The van der Waals surface area contributed by atoms with Gasteiger partial charge in [-0.05, 0) is 51.1 Å². The van der Waals surface area contributed by atoms with Gasteiger partial charge in [0.15, 0.2) is 0 Å². The molecule has 1 rings (SSSR count). The highest BCUT2D eigenvalue weighted by molar-refractivity contribution is 5.31. The molecule has 0 aliphatic rings. The summed E-state index contributed by atoms with van der Waals surface area (Å²) in [6, 6.07) is 2.70. The van der Waals surface area contributed by atoms with Crippen LogP contribution < -0.4 is 10.1 Å². The number of hydrogen-bond donors (Lipinski definition) is 1. The Balaban J connectivity index is 2.60. The molecule has 1 N–H and O–H groups in total. The first-order valence-electron chi connectivity index (χ1n) is 6.58. The van der Waals surface area contributed by atoms with Crippen LogP contribution in [0.4, 0.5) is 17.6 Å². The van der Waals surface area contributed by atoms with Gasteiger partial charge in [0.2, 0.25) is 0 Å². The van der Waals surface area contributed by atoms with E-state index in [2.05, 4.69) is 5.32 Å². The predicted octanol–water partition coefficient (Wildman–Crippen LogP) is 4.00. The normalized spacial score (nSPS) is 13.3. The second-order valence-corrected chi connectivity index (χ2v) is 4.56. The Hall–Kier alpha value is -1.30. The Morgan fingerprint density at radius 2 is 2.00 bits per heavy atom. The van der Waals surface area contributed by atoms with E-state index < -0.39 is 17.6 Å². The average Bonchev–Trinajstić information content (AvgIpc) is 2.36. The van der Waals surface area contributed by atoms with Gasteiger partial charge in [-0.2, -0.15) is 13.2 Å². The maximum absolute atomic E-state index is 13.1. The molecule has 1 aromatic rings. The fraction of sp³-hybridized carbons (Fsp3) is 0.571.